The van der Waals surface area contributed by atoms with E-state index < -0.39 is 0 Å². The van der Waals surface area contributed by atoms with Gasteiger partial charge in [0.2, 0.25) is 5.43 Å². The number of fused-ring (bicyclic) bond motifs is 1. The first-order chi connectivity index (χ1) is 12.2. The standard InChI is InChI=1S/C18H14N5O2/c1-22-11-14(10-20-22)23-8-6-18(24)17(21-23)12-25-15-4-5-16-13(9-15)3-2-7-19-16/h3-11H,12H2,1H3. The summed E-state index contributed by atoms with van der Waals surface area (Å²) in [6.07, 6.45) is 6.72. The molecule has 4 aromatic rings. The quantitative estimate of drug-likeness (QED) is 0.570. The Morgan fingerprint density at radius 3 is 3.04 bits per heavy atom. The summed E-state index contributed by atoms with van der Waals surface area (Å²) < 4.78 is 9.01. The molecule has 7 nitrogen and oxygen atoms in total. The molecule has 3 aromatic heterocycles. The smallest absolute Gasteiger partial charge is 0.206 e. The Morgan fingerprint density at radius 1 is 1.28 bits per heavy atom. The number of pyridine rings is 1. The molecule has 0 aliphatic rings. The molecular weight excluding hydrogens is 318 g/mol. The van der Waals surface area contributed by atoms with Gasteiger partial charge in [0.15, 0.2) is 0 Å². The second-order valence-corrected chi connectivity index (χ2v) is 5.52. The van der Waals surface area contributed by atoms with E-state index in [0.717, 1.165) is 16.6 Å². The second kappa shape index (κ2) is 6.20. The lowest BCUT2D eigenvalue weighted by Crippen LogP contribution is -2.17. The topological polar surface area (TPSA) is 74.8 Å². The van der Waals surface area contributed by atoms with Crippen LogP contribution >= 0.6 is 0 Å². The number of ether oxygens (including phenoxy) is 1. The van der Waals surface area contributed by atoms with Crippen molar-refractivity contribution in [3.63, 3.8) is 0 Å². The van der Waals surface area contributed by atoms with Crippen molar-refractivity contribution in [2.45, 2.75) is 6.61 Å². The average Bonchev–Trinajstić information content (AvgIpc) is 3.07. The Hall–Kier alpha value is -3.48. The van der Waals surface area contributed by atoms with Crippen LogP contribution in [0.4, 0.5) is 0 Å². The van der Waals surface area contributed by atoms with Gasteiger partial charge >= 0.3 is 0 Å². The molecule has 0 aliphatic heterocycles. The molecule has 0 spiro atoms. The van der Waals surface area contributed by atoms with Gasteiger partial charge in [-0.05, 0) is 24.3 Å². The van der Waals surface area contributed by atoms with Gasteiger partial charge in [-0.1, -0.05) is 0 Å². The van der Waals surface area contributed by atoms with E-state index in [9.17, 15) is 4.79 Å². The Morgan fingerprint density at radius 2 is 2.20 bits per heavy atom. The van der Waals surface area contributed by atoms with E-state index in [4.69, 9.17) is 4.74 Å². The highest BCUT2D eigenvalue weighted by molar-refractivity contribution is 5.79. The van der Waals surface area contributed by atoms with Gasteiger partial charge in [0, 0.05) is 37.0 Å². The van der Waals surface area contributed by atoms with E-state index >= 15 is 0 Å². The van der Waals surface area contributed by atoms with E-state index in [1.165, 1.54) is 6.07 Å². The van der Waals surface area contributed by atoms with E-state index in [1.54, 1.807) is 28.0 Å². The van der Waals surface area contributed by atoms with Crippen LogP contribution < -0.4 is 10.2 Å². The minimum absolute atomic E-state index is 0.0788. The highest BCUT2D eigenvalue weighted by atomic mass is 16.5. The lowest BCUT2D eigenvalue weighted by Gasteiger charge is -2.08. The Balaban J connectivity index is 1.58. The van der Waals surface area contributed by atoms with Gasteiger partial charge in [-0.25, -0.2) is 4.68 Å². The summed E-state index contributed by atoms with van der Waals surface area (Å²) in [6.45, 7) is 0.0788. The molecule has 4 rings (SSSR count). The number of hydrogen-bond donors (Lipinski definition) is 0. The number of rotatable bonds is 4. The van der Waals surface area contributed by atoms with E-state index in [0.29, 0.717) is 11.4 Å². The number of aromatic nitrogens is 5. The first-order valence-electron chi connectivity index (χ1n) is 7.65. The molecule has 0 saturated heterocycles. The fourth-order valence-electron chi connectivity index (χ4n) is 2.46. The number of aryl methyl sites for hydroxylation is 1. The third kappa shape index (κ3) is 3.12. The summed E-state index contributed by atoms with van der Waals surface area (Å²) in [5.41, 5.74) is 1.79. The maximum absolute atomic E-state index is 12.0. The zero-order chi connectivity index (χ0) is 17.2. The molecule has 0 saturated carbocycles. The van der Waals surface area contributed by atoms with Gasteiger partial charge in [-0.3, -0.25) is 14.5 Å². The monoisotopic (exact) mass is 332 g/mol. The zero-order valence-corrected chi connectivity index (χ0v) is 13.5. The maximum Gasteiger partial charge on any atom is 0.206 e. The van der Waals surface area contributed by atoms with Gasteiger partial charge < -0.3 is 4.74 Å². The van der Waals surface area contributed by atoms with Gasteiger partial charge in [0.05, 0.1) is 17.9 Å². The SMILES string of the molecule is Cn1cc(-n2ccc(=O)c(COc3ccc4nc[c]cc4c3)n2)cn1. The van der Waals surface area contributed by atoms with Crippen LogP contribution in [0.5, 0.6) is 5.75 Å². The van der Waals surface area contributed by atoms with Crippen molar-refractivity contribution in [1.29, 1.82) is 0 Å². The predicted molar refractivity (Wildman–Crippen MR) is 91.5 cm³/mol. The van der Waals surface area contributed by atoms with Crippen LogP contribution in [-0.4, -0.2) is 24.5 Å². The molecule has 1 radical (unpaired) electrons. The summed E-state index contributed by atoms with van der Waals surface area (Å²) in [7, 11) is 1.82. The van der Waals surface area contributed by atoms with Crippen molar-refractivity contribution in [3.05, 3.63) is 77.1 Å². The van der Waals surface area contributed by atoms with Crippen molar-refractivity contribution < 1.29 is 4.74 Å². The van der Waals surface area contributed by atoms with Gasteiger partial charge in [-0.2, -0.15) is 10.2 Å². The Labute approximate surface area is 143 Å². The molecular formula is C18H14N5O2. The molecule has 0 bridgehead atoms. The zero-order valence-electron chi connectivity index (χ0n) is 13.5. The van der Waals surface area contributed by atoms with E-state index in [1.807, 2.05) is 37.5 Å². The number of hydrogen-bond acceptors (Lipinski definition) is 5. The average molecular weight is 332 g/mol. The Bertz CT molecular complexity index is 1100. The maximum atomic E-state index is 12.0. The van der Waals surface area contributed by atoms with Crippen LogP contribution in [0.2, 0.25) is 0 Å². The molecule has 25 heavy (non-hydrogen) atoms. The first-order valence-corrected chi connectivity index (χ1v) is 7.65. The molecule has 0 atom stereocenters. The highest BCUT2D eigenvalue weighted by Crippen LogP contribution is 2.19. The molecule has 7 heteroatoms. The molecule has 0 amide bonds. The van der Waals surface area contributed by atoms with Gasteiger partial charge in [0.1, 0.15) is 23.7 Å². The highest BCUT2D eigenvalue weighted by Gasteiger charge is 2.07. The summed E-state index contributed by atoms with van der Waals surface area (Å²) in [6, 6.07) is 11.8. The molecule has 0 aliphatic carbocycles. The van der Waals surface area contributed by atoms with Crippen LogP contribution in [0.15, 0.2) is 59.9 Å². The Kier molecular flexibility index (Phi) is 3.74. The van der Waals surface area contributed by atoms with Crippen molar-refractivity contribution in [1.82, 2.24) is 24.5 Å². The summed E-state index contributed by atoms with van der Waals surface area (Å²) >= 11 is 0. The normalized spacial score (nSPS) is 10.9. The second-order valence-electron chi connectivity index (χ2n) is 5.52. The lowest BCUT2D eigenvalue weighted by molar-refractivity contribution is 0.298. The fraction of sp³-hybridized carbons (Fsp3) is 0.111. The summed E-state index contributed by atoms with van der Waals surface area (Å²) in [5, 5.41) is 9.37. The van der Waals surface area contributed by atoms with Crippen LogP contribution in [0, 0.1) is 6.07 Å². The van der Waals surface area contributed by atoms with Crippen LogP contribution in [0.1, 0.15) is 5.69 Å². The van der Waals surface area contributed by atoms with Crippen molar-refractivity contribution in [2.75, 3.05) is 0 Å². The molecule has 1 aromatic carbocycles. The summed E-state index contributed by atoms with van der Waals surface area (Å²) in [4.78, 5) is 16.3. The van der Waals surface area contributed by atoms with Gasteiger partial charge in [0.25, 0.3) is 0 Å². The number of nitrogens with zero attached hydrogens (tertiary/aromatic N) is 5. The molecule has 3 heterocycles. The van der Waals surface area contributed by atoms with Crippen LogP contribution in [-0.2, 0) is 13.7 Å². The van der Waals surface area contributed by atoms with Gasteiger partial charge in [-0.15, -0.1) is 0 Å². The minimum Gasteiger partial charge on any atom is -0.487 e. The molecule has 123 valence electrons. The van der Waals surface area contributed by atoms with Crippen molar-refractivity contribution in [2.24, 2.45) is 7.05 Å². The van der Waals surface area contributed by atoms with E-state index in [2.05, 4.69) is 21.2 Å². The third-order valence-electron chi connectivity index (χ3n) is 3.73. The molecule has 0 fully saturated rings. The first kappa shape index (κ1) is 15.1. The van der Waals surface area contributed by atoms with Crippen LogP contribution in [0.25, 0.3) is 16.6 Å². The molecule has 0 unspecified atom stereocenters. The molecule has 0 N–H and O–H groups in total. The lowest BCUT2D eigenvalue weighted by atomic mass is 10.2. The number of benzene rings is 1. The van der Waals surface area contributed by atoms with E-state index in [-0.39, 0.29) is 12.0 Å². The fourth-order valence-corrected chi connectivity index (χ4v) is 2.46. The van der Waals surface area contributed by atoms with Crippen molar-refractivity contribution >= 4 is 10.9 Å². The predicted octanol–water partition coefficient (Wildman–Crippen LogP) is 1.89. The third-order valence-corrected chi connectivity index (χ3v) is 3.73. The summed E-state index contributed by atoms with van der Waals surface area (Å²) in [5.74, 6) is 0.645. The van der Waals surface area contributed by atoms with Crippen LogP contribution in [0.3, 0.4) is 0 Å². The largest absolute Gasteiger partial charge is 0.487 e. The minimum atomic E-state index is -0.170. The van der Waals surface area contributed by atoms with Crippen molar-refractivity contribution in [3.8, 4) is 11.4 Å².